The molecule has 0 aromatic carbocycles. The second-order valence-electron chi connectivity index (χ2n) is 4.28. The maximum atomic E-state index is 10.7. The number of unbranched alkanes of at least 4 members (excludes halogenated alkanes) is 1. The Kier molecular flexibility index (Phi) is 4.96. The van der Waals surface area contributed by atoms with E-state index in [-0.39, 0.29) is 12.3 Å². The van der Waals surface area contributed by atoms with Crippen LogP contribution in [-0.2, 0) is 11.2 Å². The zero-order valence-electron chi connectivity index (χ0n) is 10.1. The average Bonchev–Trinajstić information content (AvgIpc) is 2.26. The highest BCUT2D eigenvalue weighted by Gasteiger charge is 2.06. The first kappa shape index (κ1) is 12.7. The fourth-order valence-electron chi connectivity index (χ4n) is 1.69. The number of pyridine rings is 1. The first-order chi connectivity index (χ1) is 7.63. The average molecular weight is 220 g/mol. The summed E-state index contributed by atoms with van der Waals surface area (Å²) in [6.45, 7) is 4.38. The monoisotopic (exact) mass is 220 g/mol. The molecule has 88 valence electrons. The summed E-state index contributed by atoms with van der Waals surface area (Å²) in [5, 5.41) is 0. The zero-order chi connectivity index (χ0) is 12.0. The molecule has 1 heterocycles. The number of rotatable bonds is 6. The van der Waals surface area contributed by atoms with E-state index in [2.05, 4.69) is 18.8 Å². The van der Waals surface area contributed by atoms with Crippen LogP contribution in [0.5, 0.6) is 0 Å². The Morgan fingerprint density at radius 2 is 2.25 bits per heavy atom. The number of primary amides is 1. The minimum atomic E-state index is -0.311. The van der Waals surface area contributed by atoms with Crippen LogP contribution in [0.2, 0.25) is 0 Å². The molecule has 1 aromatic rings. The molecule has 1 rings (SSSR count). The van der Waals surface area contributed by atoms with Crippen molar-refractivity contribution in [2.45, 2.75) is 45.4 Å². The third-order valence-corrected chi connectivity index (χ3v) is 2.72. The number of hydrogen-bond acceptors (Lipinski definition) is 2. The van der Waals surface area contributed by atoms with Crippen molar-refractivity contribution < 1.29 is 4.79 Å². The van der Waals surface area contributed by atoms with Gasteiger partial charge in [0.25, 0.3) is 0 Å². The molecule has 0 aliphatic heterocycles. The van der Waals surface area contributed by atoms with Crippen LogP contribution in [0, 0.1) is 0 Å². The van der Waals surface area contributed by atoms with Gasteiger partial charge in [-0.05, 0) is 24.0 Å². The summed E-state index contributed by atoms with van der Waals surface area (Å²) in [6, 6.07) is 3.94. The van der Waals surface area contributed by atoms with Crippen molar-refractivity contribution in [3.8, 4) is 0 Å². The quantitative estimate of drug-likeness (QED) is 0.800. The summed E-state index contributed by atoms with van der Waals surface area (Å²) in [5.41, 5.74) is 7.11. The predicted octanol–water partition coefficient (Wildman–Crippen LogP) is 2.40. The molecule has 0 aliphatic carbocycles. The van der Waals surface area contributed by atoms with E-state index >= 15 is 0 Å². The van der Waals surface area contributed by atoms with Gasteiger partial charge in [-0.3, -0.25) is 9.78 Å². The Bertz CT molecular complexity index is 332. The summed E-state index contributed by atoms with van der Waals surface area (Å²) in [6.07, 6.45) is 5.63. The summed E-state index contributed by atoms with van der Waals surface area (Å²) in [5.74, 6) is 0.177. The normalized spacial score (nSPS) is 12.4. The molecule has 0 saturated carbocycles. The van der Waals surface area contributed by atoms with E-state index in [1.807, 2.05) is 12.1 Å². The van der Waals surface area contributed by atoms with Crippen LogP contribution in [0.25, 0.3) is 0 Å². The Labute approximate surface area is 97.1 Å². The van der Waals surface area contributed by atoms with Gasteiger partial charge < -0.3 is 5.73 Å². The molecule has 3 heteroatoms. The van der Waals surface area contributed by atoms with E-state index in [0.29, 0.717) is 5.92 Å². The van der Waals surface area contributed by atoms with Gasteiger partial charge in [-0.1, -0.05) is 32.8 Å². The Hall–Kier alpha value is -1.38. The van der Waals surface area contributed by atoms with E-state index in [1.165, 1.54) is 19.3 Å². The molecule has 0 radical (unpaired) electrons. The zero-order valence-corrected chi connectivity index (χ0v) is 10.1. The number of amides is 1. The topological polar surface area (TPSA) is 56.0 Å². The molecule has 1 atom stereocenters. The molecule has 1 amide bonds. The van der Waals surface area contributed by atoms with Gasteiger partial charge in [0, 0.05) is 11.9 Å². The van der Waals surface area contributed by atoms with Crippen LogP contribution in [0.15, 0.2) is 18.3 Å². The van der Waals surface area contributed by atoms with Crippen molar-refractivity contribution in [2.75, 3.05) is 0 Å². The number of carbonyl (C=O) groups is 1. The third-order valence-electron chi connectivity index (χ3n) is 2.72. The van der Waals surface area contributed by atoms with E-state index in [1.54, 1.807) is 6.20 Å². The van der Waals surface area contributed by atoms with Crippen LogP contribution in [0.1, 0.15) is 50.3 Å². The van der Waals surface area contributed by atoms with Gasteiger partial charge in [-0.25, -0.2) is 0 Å². The van der Waals surface area contributed by atoms with Gasteiger partial charge in [-0.15, -0.1) is 0 Å². The fourth-order valence-corrected chi connectivity index (χ4v) is 1.69. The highest BCUT2D eigenvalue weighted by Crippen LogP contribution is 2.19. The molecule has 0 saturated heterocycles. The molecule has 16 heavy (non-hydrogen) atoms. The van der Waals surface area contributed by atoms with Crippen molar-refractivity contribution in [2.24, 2.45) is 5.73 Å². The van der Waals surface area contributed by atoms with Gasteiger partial charge in [0.05, 0.1) is 6.42 Å². The lowest BCUT2D eigenvalue weighted by molar-refractivity contribution is -0.117. The van der Waals surface area contributed by atoms with E-state index in [4.69, 9.17) is 5.73 Å². The summed E-state index contributed by atoms with van der Waals surface area (Å²) in [4.78, 5) is 15.1. The minimum absolute atomic E-state index is 0.274. The van der Waals surface area contributed by atoms with Gasteiger partial charge in [0.1, 0.15) is 0 Å². The van der Waals surface area contributed by atoms with Crippen LogP contribution >= 0.6 is 0 Å². The van der Waals surface area contributed by atoms with Gasteiger partial charge in [0.2, 0.25) is 5.91 Å². The molecule has 1 unspecified atom stereocenters. The van der Waals surface area contributed by atoms with Crippen LogP contribution in [-0.4, -0.2) is 10.9 Å². The highest BCUT2D eigenvalue weighted by atomic mass is 16.1. The Balaban J connectivity index is 2.59. The summed E-state index contributed by atoms with van der Waals surface area (Å²) >= 11 is 0. The standard InChI is InChI=1S/C13H20N2O/c1-3-4-5-10(2)12-7-6-11(9-15-12)8-13(14)16/h6-7,9-10H,3-5,8H2,1-2H3,(H2,14,16). The minimum Gasteiger partial charge on any atom is -0.369 e. The first-order valence-electron chi connectivity index (χ1n) is 5.86. The molecule has 0 fully saturated rings. The van der Waals surface area contributed by atoms with Gasteiger partial charge >= 0.3 is 0 Å². The first-order valence-corrected chi connectivity index (χ1v) is 5.86. The van der Waals surface area contributed by atoms with Gasteiger partial charge in [-0.2, -0.15) is 0 Å². The number of nitrogens with two attached hydrogens (primary N) is 1. The molecule has 0 aliphatic rings. The van der Waals surface area contributed by atoms with Gasteiger partial charge in [0.15, 0.2) is 0 Å². The van der Waals surface area contributed by atoms with Crippen LogP contribution < -0.4 is 5.73 Å². The maximum absolute atomic E-state index is 10.7. The van der Waals surface area contributed by atoms with Crippen molar-refractivity contribution >= 4 is 5.91 Å². The van der Waals surface area contributed by atoms with Crippen molar-refractivity contribution in [3.63, 3.8) is 0 Å². The lowest BCUT2D eigenvalue weighted by atomic mass is 9.99. The van der Waals surface area contributed by atoms with Crippen molar-refractivity contribution in [1.29, 1.82) is 0 Å². The molecule has 3 nitrogen and oxygen atoms in total. The van der Waals surface area contributed by atoms with Crippen LogP contribution in [0.4, 0.5) is 0 Å². The number of aromatic nitrogens is 1. The molecule has 0 spiro atoms. The molecular formula is C13H20N2O. The number of nitrogens with zero attached hydrogens (tertiary/aromatic N) is 1. The smallest absolute Gasteiger partial charge is 0.221 e. The molecule has 2 N–H and O–H groups in total. The van der Waals surface area contributed by atoms with Crippen LogP contribution in [0.3, 0.4) is 0 Å². The van der Waals surface area contributed by atoms with Crippen molar-refractivity contribution in [3.05, 3.63) is 29.6 Å². The highest BCUT2D eigenvalue weighted by molar-refractivity contribution is 5.76. The lowest BCUT2D eigenvalue weighted by Gasteiger charge is -2.10. The largest absolute Gasteiger partial charge is 0.369 e. The van der Waals surface area contributed by atoms with E-state index < -0.39 is 0 Å². The Morgan fingerprint density at radius 1 is 1.50 bits per heavy atom. The maximum Gasteiger partial charge on any atom is 0.221 e. The SMILES string of the molecule is CCCCC(C)c1ccc(CC(N)=O)cn1. The fraction of sp³-hybridized carbons (Fsp3) is 0.538. The second-order valence-corrected chi connectivity index (χ2v) is 4.28. The molecule has 1 aromatic heterocycles. The van der Waals surface area contributed by atoms with E-state index in [9.17, 15) is 4.79 Å². The summed E-state index contributed by atoms with van der Waals surface area (Å²) < 4.78 is 0. The Morgan fingerprint density at radius 3 is 2.75 bits per heavy atom. The molecular weight excluding hydrogens is 200 g/mol. The summed E-state index contributed by atoms with van der Waals surface area (Å²) in [7, 11) is 0. The number of hydrogen-bond donors (Lipinski definition) is 1. The van der Waals surface area contributed by atoms with E-state index in [0.717, 1.165) is 11.3 Å². The second kappa shape index (κ2) is 6.26. The predicted molar refractivity (Wildman–Crippen MR) is 65.1 cm³/mol. The molecule has 0 bridgehead atoms. The third kappa shape index (κ3) is 4.01. The van der Waals surface area contributed by atoms with Crippen molar-refractivity contribution in [1.82, 2.24) is 4.98 Å². The lowest BCUT2D eigenvalue weighted by Crippen LogP contribution is -2.13. The number of carbonyl (C=O) groups excluding carboxylic acids is 1.